The van der Waals surface area contributed by atoms with Gasteiger partial charge >= 0.3 is 6.18 Å². The van der Waals surface area contributed by atoms with E-state index in [9.17, 15) is 27.2 Å². The van der Waals surface area contributed by atoms with Crippen LogP contribution in [-0.2, 0) is 12.6 Å². The summed E-state index contributed by atoms with van der Waals surface area (Å²) in [7, 11) is 0. The number of anilines is 2. The number of fused-ring (bicyclic) bond motifs is 1. The molecule has 9 heteroatoms. The largest absolute Gasteiger partial charge is 0.416 e. The Hall–Kier alpha value is -3.20. The molecule has 3 aromatic rings. The maximum atomic E-state index is 13.6. The lowest BCUT2D eigenvalue weighted by atomic mass is 10.1. The van der Waals surface area contributed by atoms with Gasteiger partial charge in [-0.15, -0.1) is 11.3 Å². The summed E-state index contributed by atoms with van der Waals surface area (Å²) in [4.78, 5) is 28.3. The molecule has 0 saturated carbocycles. The monoisotopic (exact) mass is 462 g/mol. The lowest BCUT2D eigenvalue weighted by Gasteiger charge is -2.21. The Morgan fingerprint density at radius 2 is 1.72 bits per heavy atom. The van der Waals surface area contributed by atoms with Gasteiger partial charge in [-0.25, -0.2) is 4.39 Å². The van der Waals surface area contributed by atoms with Gasteiger partial charge in [0, 0.05) is 28.2 Å². The number of thiophene rings is 1. The predicted octanol–water partition coefficient (Wildman–Crippen LogP) is 6.14. The van der Waals surface area contributed by atoms with E-state index in [2.05, 4.69) is 5.32 Å². The van der Waals surface area contributed by atoms with Crippen LogP contribution in [0.15, 0.2) is 53.9 Å². The molecule has 166 valence electrons. The van der Waals surface area contributed by atoms with Crippen LogP contribution >= 0.6 is 11.3 Å². The highest BCUT2D eigenvalue weighted by Gasteiger charge is 2.32. The van der Waals surface area contributed by atoms with Crippen molar-refractivity contribution < 1.29 is 27.2 Å². The lowest BCUT2D eigenvalue weighted by Crippen LogP contribution is -2.31. The van der Waals surface area contributed by atoms with Crippen molar-refractivity contribution in [1.29, 1.82) is 0 Å². The second kappa shape index (κ2) is 8.74. The quantitative estimate of drug-likeness (QED) is 0.475. The van der Waals surface area contributed by atoms with E-state index in [1.165, 1.54) is 17.0 Å². The first-order valence-electron chi connectivity index (χ1n) is 9.90. The zero-order valence-corrected chi connectivity index (χ0v) is 17.5. The van der Waals surface area contributed by atoms with Gasteiger partial charge in [0.2, 0.25) is 0 Å². The van der Waals surface area contributed by atoms with Crippen molar-refractivity contribution in [3.63, 3.8) is 0 Å². The molecule has 0 spiro atoms. The number of amides is 2. The molecule has 0 aliphatic carbocycles. The minimum atomic E-state index is -4.77. The number of nitrogens with zero attached hydrogens (tertiary/aromatic N) is 1. The predicted molar refractivity (Wildman–Crippen MR) is 115 cm³/mol. The Labute approximate surface area is 185 Å². The molecule has 4 nitrogen and oxygen atoms in total. The van der Waals surface area contributed by atoms with E-state index in [0.717, 1.165) is 31.0 Å². The van der Waals surface area contributed by atoms with Crippen LogP contribution in [0.4, 0.5) is 28.9 Å². The van der Waals surface area contributed by atoms with Crippen molar-refractivity contribution in [2.75, 3.05) is 16.8 Å². The van der Waals surface area contributed by atoms with E-state index in [1.807, 2.05) is 11.4 Å². The first-order chi connectivity index (χ1) is 15.2. The molecule has 1 aromatic heterocycles. The minimum absolute atomic E-state index is 0.163. The summed E-state index contributed by atoms with van der Waals surface area (Å²) < 4.78 is 52.2. The Kier molecular flexibility index (Phi) is 6.01. The number of hydrogen-bond acceptors (Lipinski definition) is 3. The van der Waals surface area contributed by atoms with E-state index < -0.39 is 29.0 Å². The number of halogens is 4. The Bertz CT molecular complexity index is 1160. The van der Waals surface area contributed by atoms with Gasteiger partial charge in [0.15, 0.2) is 0 Å². The topological polar surface area (TPSA) is 49.4 Å². The molecule has 0 saturated heterocycles. The first kappa shape index (κ1) is 22.0. The van der Waals surface area contributed by atoms with Gasteiger partial charge in [-0.05, 0) is 73.2 Å². The number of carbonyl (C=O) groups excluding carboxylic acids is 2. The van der Waals surface area contributed by atoms with Crippen LogP contribution in [-0.4, -0.2) is 18.4 Å². The fourth-order valence-electron chi connectivity index (χ4n) is 3.59. The van der Waals surface area contributed by atoms with Crippen LogP contribution in [0, 0.1) is 5.82 Å². The zero-order valence-electron chi connectivity index (χ0n) is 16.7. The average Bonchev–Trinajstić information content (AvgIpc) is 3.12. The van der Waals surface area contributed by atoms with Crippen molar-refractivity contribution in [3.8, 4) is 0 Å². The summed E-state index contributed by atoms with van der Waals surface area (Å²) in [6.07, 6.45) is -1.92. The van der Waals surface area contributed by atoms with Gasteiger partial charge in [-0.3, -0.25) is 9.59 Å². The van der Waals surface area contributed by atoms with Crippen molar-refractivity contribution in [2.45, 2.75) is 25.4 Å². The normalized spacial score (nSPS) is 13.9. The molecule has 1 aliphatic rings. The first-order valence-corrected chi connectivity index (χ1v) is 10.8. The summed E-state index contributed by atoms with van der Waals surface area (Å²) in [5.74, 6) is -2.20. The van der Waals surface area contributed by atoms with E-state index in [4.69, 9.17) is 0 Å². The SMILES string of the molecule is O=C(Nc1ccc(C(=O)N2CCCCc3sccc32)cc1)c1cc(F)cc(C(F)(F)F)c1. The third-order valence-corrected chi connectivity index (χ3v) is 6.14. The van der Waals surface area contributed by atoms with Gasteiger partial charge in [0.1, 0.15) is 5.82 Å². The highest BCUT2D eigenvalue weighted by molar-refractivity contribution is 7.10. The van der Waals surface area contributed by atoms with Crippen LogP contribution in [0.25, 0.3) is 0 Å². The Balaban J connectivity index is 1.50. The number of aryl methyl sites for hydroxylation is 1. The molecule has 0 unspecified atom stereocenters. The van der Waals surface area contributed by atoms with Crippen LogP contribution in [0.3, 0.4) is 0 Å². The molecule has 4 rings (SSSR count). The molecule has 0 atom stereocenters. The number of carbonyl (C=O) groups is 2. The van der Waals surface area contributed by atoms with Crippen LogP contribution in [0.2, 0.25) is 0 Å². The van der Waals surface area contributed by atoms with Crippen LogP contribution < -0.4 is 10.2 Å². The molecule has 0 fully saturated rings. The van der Waals surface area contributed by atoms with Crippen molar-refractivity contribution in [3.05, 3.63) is 81.3 Å². The highest BCUT2D eigenvalue weighted by Crippen LogP contribution is 2.32. The minimum Gasteiger partial charge on any atom is -0.322 e. The van der Waals surface area contributed by atoms with Gasteiger partial charge in [0.05, 0.1) is 11.3 Å². The second-order valence-corrected chi connectivity index (χ2v) is 8.40. The molecule has 2 heterocycles. The third kappa shape index (κ3) is 4.67. The highest BCUT2D eigenvalue weighted by atomic mass is 32.1. The number of rotatable bonds is 3. The van der Waals surface area contributed by atoms with Gasteiger partial charge in [0.25, 0.3) is 11.8 Å². The molecule has 1 aliphatic heterocycles. The fourth-order valence-corrected chi connectivity index (χ4v) is 4.51. The maximum absolute atomic E-state index is 13.6. The molecular formula is C23H18F4N2O2S. The molecule has 2 aromatic carbocycles. The van der Waals surface area contributed by atoms with Crippen LogP contribution in [0.1, 0.15) is 44.0 Å². The smallest absolute Gasteiger partial charge is 0.322 e. The van der Waals surface area contributed by atoms with Crippen molar-refractivity contribution in [1.82, 2.24) is 0 Å². The van der Waals surface area contributed by atoms with E-state index in [0.29, 0.717) is 24.2 Å². The fraction of sp³-hybridized carbons (Fsp3) is 0.217. The van der Waals surface area contributed by atoms with Gasteiger partial charge in [-0.2, -0.15) is 13.2 Å². The van der Waals surface area contributed by atoms with Crippen molar-refractivity contribution >= 4 is 34.5 Å². The standard InChI is InChI=1S/C23H18F4N2O2S/c24-17-12-15(11-16(13-17)23(25,26)27)21(30)28-18-6-4-14(5-7-18)22(31)29-9-2-1-3-20-19(29)8-10-32-20/h4-8,10-13H,1-3,9H2,(H,28,30). The van der Waals surface area contributed by atoms with E-state index in [1.54, 1.807) is 28.4 Å². The molecule has 1 N–H and O–H groups in total. The molecule has 0 radical (unpaired) electrons. The Morgan fingerprint density at radius 3 is 2.44 bits per heavy atom. The third-order valence-electron chi connectivity index (χ3n) is 5.17. The van der Waals surface area contributed by atoms with Crippen LogP contribution in [0.5, 0.6) is 0 Å². The number of alkyl halides is 3. The summed E-state index contributed by atoms with van der Waals surface area (Å²) in [5.41, 5.74) is -0.0778. The lowest BCUT2D eigenvalue weighted by molar-refractivity contribution is -0.137. The summed E-state index contributed by atoms with van der Waals surface area (Å²) in [6.45, 7) is 0.613. The maximum Gasteiger partial charge on any atom is 0.416 e. The molecule has 2 amide bonds. The molecule has 0 bridgehead atoms. The summed E-state index contributed by atoms with van der Waals surface area (Å²) in [6, 6.07) is 9.66. The number of benzene rings is 2. The summed E-state index contributed by atoms with van der Waals surface area (Å²) >= 11 is 1.63. The second-order valence-electron chi connectivity index (χ2n) is 7.40. The van der Waals surface area contributed by atoms with Gasteiger partial charge < -0.3 is 10.2 Å². The van der Waals surface area contributed by atoms with Crippen molar-refractivity contribution in [2.24, 2.45) is 0 Å². The van der Waals surface area contributed by atoms with E-state index >= 15 is 0 Å². The summed E-state index contributed by atoms with van der Waals surface area (Å²) in [5, 5.41) is 4.40. The van der Waals surface area contributed by atoms with Gasteiger partial charge in [-0.1, -0.05) is 0 Å². The Morgan fingerprint density at radius 1 is 0.969 bits per heavy atom. The molecule has 32 heavy (non-hydrogen) atoms. The average molecular weight is 462 g/mol. The number of nitrogens with one attached hydrogen (secondary N) is 1. The zero-order chi connectivity index (χ0) is 22.9. The van der Waals surface area contributed by atoms with E-state index in [-0.39, 0.29) is 11.6 Å². The number of hydrogen-bond donors (Lipinski definition) is 1. The molecular weight excluding hydrogens is 444 g/mol.